The van der Waals surface area contributed by atoms with Crippen LogP contribution < -0.4 is 0 Å². The zero-order valence-electron chi connectivity index (χ0n) is 4.85. The van der Waals surface area contributed by atoms with Crippen LogP contribution in [0.5, 0.6) is 0 Å². The highest BCUT2D eigenvalue weighted by Gasteiger charge is 2.43. The Bertz CT molecular complexity index is 82.0. The van der Waals surface area contributed by atoms with E-state index in [4.69, 9.17) is 0 Å². The van der Waals surface area contributed by atoms with E-state index in [1.165, 1.54) is 11.8 Å². The summed E-state index contributed by atoms with van der Waals surface area (Å²) in [7, 11) is 0. The van der Waals surface area contributed by atoms with E-state index in [0.717, 1.165) is 5.92 Å². The highest BCUT2D eigenvalue weighted by atomic mass is 14.5. The SMILES string of the molecule is C[C@H]1C[C@@H]2CC[C@@H]21. The minimum absolute atomic E-state index is 1.10. The maximum Gasteiger partial charge on any atom is -0.0360 e. The highest BCUT2D eigenvalue weighted by Crippen LogP contribution is 2.53. The first kappa shape index (κ1) is 3.94. The lowest BCUT2D eigenvalue weighted by Gasteiger charge is -2.51. The van der Waals surface area contributed by atoms with Gasteiger partial charge in [-0.15, -0.1) is 0 Å². The first-order valence-corrected chi connectivity index (χ1v) is 3.38. The van der Waals surface area contributed by atoms with Crippen LogP contribution in [-0.4, -0.2) is 0 Å². The number of hydrogen-bond acceptors (Lipinski definition) is 0. The van der Waals surface area contributed by atoms with E-state index in [-0.39, 0.29) is 0 Å². The Hall–Kier alpha value is 0. The molecule has 0 unspecified atom stereocenters. The normalized spacial score (nSPS) is 57.0. The minimum atomic E-state index is 1.10. The summed E-state index contributed by atoms with van der Waals surface area (Å²) in [6, 6.07) is 0. The summed E-state index contributed by atoms with van der Waals surface area (Å²) in [6.07, 6.45) is 4.64. The van der Waals surface area contributed by atoms with E-state index in [1.54, 1.807) is 19.3 Å². The van der Waals surface area contributed by atoms with Gasteiger partial charge in [0.25, 0.3) is 0 Å². The Morgan fingerprint density at radius 2 is 2.14 bits per heavy atom. The average Bonchev–Trinajstić information content (AvgIpc) is 1.59. The Kier molecular flexibility index (Phi) is 0.586. The summed E-state index contributed by atoms with van der Waals surface area (Å²) in [5.74, 6) is 3.47. The Labute approximate surface area is 44.9 Å². The van der Waals surface area contributed by atoms with Crippen LogP contribution in [0, 0.1) is 17.8 Å². The summed E-state index contributed by atoms with van der Waals surface area (Å²) in [5.41, 5.74) is 0. The number of fused-ring (bicyclic) bond motifs is 1. The van der Waals surface area contributed by atoms with Crippen molar-refractivity contribution in [1.82, 2.24) is 0 Å². The molecule has 0 heterocycles. The lowest BCUT2D eigenvalue weighted by atomic mass is 9.54. The lowest BCUT2D eigenvalue weighted by Crippen LogP contribution is -2.42. The van der Waals surface area contributed by atoms with Gasteiger partial charge in [0, 0.05) is 0 Å². The molecule has 2 saturated carbocycles. The van der Waals surface area contributed by atoms with Gasteiger partial charge in [0.2, 0.25) is 0 Å². The topological polar surface area (TPSA) is 0 Å². The molecular formula is C7H12. The standard InChI is InChI=1S/C7H12/c1-5-4-6-2-3-7(5)6/h5-7H,2-4H2,1H3/t5-,6-,7+/m0/s1. The maximum absolute atomic E-state index is 2.39. The summed E-state index contributed by atoms with van der Waals surface area (Å²) >= 11 is 0. The van der Waals surface area contributed by atoms with E-state index < -0.39 is 0 Å². The van der Waals surface area contributed by atoms with Crippen molar-refractivity contribution in [1.29, 1.82) is 0 Å². The minimum Gasteiger partial charge on any atom is -0.0622 e. The van der Waals surface area contributed by atoms with Crippen molar-refractivity contribution in [2.24, 2.45) is 17.8 Å². The van der Waals surface area contributed by atoms with E-state index in [9.17, 15) is 0 Å². The largest absolute Gasteiger partial charge is 0.0622 e. The molecule has 0 aliphatic heterocycles. The third-order valence-corrected chi connectivity index (χ3v) is 2.88. The van der Waals surface area contributed by atoms with Crippen LogP contribution in [0.3, 0.4) is 0 Å². The van der Waals surface area contributed by atoms with Gasteiger partial charge in [0.1, 0.15) is 0 Å². The van der Waals surface area contributed by atoms with Crippen molar-refractivity contribution in [3.05, 3.63) is 0 Å². The Morgan fingerprint density at radius 3 is 2.14 bits per heavy atom. The molecule has 0 aromatic heterocycles. The molecule has 0 aromatic carbocycles. The van der Waals surface area contributed by atoms with E-state index in [1.807, 2.05) is 0 Å². The van der Waals surface area contributed by atoms with Crippen LogP contribution in [0.15, 0.2) is 0 Å². The van der Waals surface area contributed by atoms with Gasteiger partial charge >= 0.3 is 0 Å². The van der Waals surface area contributed by atoms with Crippen molar-refractivity contribution >= 4 is 0 Å². The van der Waals surface area contributed by atoms with Crippen LogP contribution in [0.2, 0.25) is 0 Å². The van der Waals surface area contributed by atoms with Gasteiger partial charge in [0.05, 0.1) is 0 Å². The second-order valence-corrected chi connectivity index (χ2v) is 3.21. The quantitative estimate of drug-likeness (QED) is 0.433. The molecular weight excluding hydrogens is 84.1 g/mol. The molecule has 0 radical (unpaired) electrons. The summed E-state index contributed by atoms with van der Waals surface area (Å²) in [4.78, 5) is 0. The van der Waals surface area contributed by atoms with Crippen LogP contribution in [0.25, 0.3) is 0 Å². The van der Waals surface area contributed by atoms with Crippen LogP contribution in [0.4, 0.5) is 0 Å². The summed E-state index contributed by atoms with van der Waals surface area (Å²) in [6.45, 7) is 2.39. The number of rotatable bonds is 0. The molecule has 40 valence electrons. The smallest absolute Gasteiger partial charge is 0.0360 e. The lowest BCUT2D eigenvalue weighted by molar-refractivity contribution is -0.0138. The van der Waals surface area contributed by atoms with E-state index >= 15 is 0 Å². The third kappa shape index (κ3) is 0.332. The van der Waals surface area contributed by atoms with E-state index in [0.29, 0.717) is 0 Å². The molecule has 0 bridgehead atoms. The highest BCUT2D eigenvalue weighted by molar-refractivity contribution is 4.94. The number of hydrogen-bond donors (Lipinski definition) is 0. The van der Waals surface area contributed by atoms with Gasteiger partial charge < -0.3 is 0 Å². The Balaban J connectivity index is 1.99. The average molecular weight is 96.2 g/mol. The molecule has 0 amide bonds. The molecule has 0 aromatic rings. The molecule has 0 saturated heterocycles. The molecule has 0 heteroatoms. The first-order chi connectivity index (χ1) is 3.38. The summed E-state index contributed by atoms with van der Waals surface area (Å²) in [5, 5.41) is 0. The van der Waals surface area contributed by atoms with Crippen molar-refractivity contribution in [2.45, 2.75) is 26.2 Å². The van der Waals surface area contributed by atoms with E-state index in [2.05, 4.69) is 6.92 Å². The summed E-state index contributed by atoms with van der Waals surface area (Å²) < 4.78 is 0. The molecule has 2 aliphatic rings. The predicted octanol–water partition coefficient (Wildman–Crippen LogP) is 2.05. The fraction of sp³-hybridized carbons (Fsp3) is 1.00. The van der Waals surface area contributed by atoms with Gasteiger partial charge in [-0.1, -0.05) is 6.92 Å². The third-order valence-electron chi connectivity index (χ3n) is 2.88. The first-order valence-electron chi connectivity index (χ1n) is 3.38. The Morgan fingerprint density at radius 1 is 1.29 bits per heavy atom. The molecule has 2 rings (SSSR count). The predicted molar refractivity (Wildman–Crippen MR) is 30.0 cm³/mol. The monoisotopic (exact) mass is 96.1 g/mol. The van der Waals surface area contributed by atoms with Crippen molar-refractivity contribution in [2.75, 3.05) is 0 Å². The molecule has 7 heavy (non-hydrogen) atoms. The maximum atomic E-state index is 2.39. The van der Waals surface area contributed by atoms with Crippen molar-refractivity contribution < 1.29 is 0 Å². The van der Waals surface area contributed by atoms with Gasteiger partial charge in [-0.25, -0.2) is 0 Å². The molecule has 0 spiro atoms. The van der Waals surface area contributed by atoms with Crippen LogP contribution in [-0.2, 0) is 0 Å². The van der Waals surface area contributed by atoms with Gasteiger partial charge in [-0.3, -0.25) is 0 Å². The molecule has 0 nitrogen and oxygen atoms in total. The van der Waals surface area contributed by atoms with Crippen molar-refractivity contribution in [3.8, 4) is 0 Å². The van der Waals surface area contributed by atoms with Crippen molar-refractivity contribution in [3.63, 3.8) is 0 Å². The van der Waals surface area contributed by atoms with Crippen LogP contribution in [0.1, 0.15) is 26.2 Å². The molecule has 2 aliphatic carbocycles. The second-order valence-electron chi connectivity index (χ2n) is 3.21. The fourth-order valence-corrected chi connectivity index (χ4v) is 2.09. The fourth-order valence-electron chi connectivity index (χ4n) is 2.09. The van der Waals surface area contributed by atoms with Gasteiger partial charge in [-0.05, 0) is 37.0 Å². The molecule has 0 N–H and O–H groups in total. The molecule has 3 atom stereocenters. The van der Waals surface area contributed by atoms with Gasteiger partial charge in [-0.2, -0.15) is 0 Å². The van der Waals surface area contributed by atoms with Crippen LogP contribution >= 0.6 is 0 Å². The zero-order valence-corrected chi connectivity index (χ0v) is 4.85. The second kappa shape index (κ2) is 1.04. The van der Waals surface area contributed by atoms with Gasteiger partial charge in [0.15, 0.2) is 0 Å². The zero-order chi connectivity index (χ0) is 4.85. The molecule has 2 fully saturated rings.